The molecule has 0 saturated heterocycles. The lowest BCUT2D eigenvalue weighted by Crippen LogP contribution is -2.37. The van der Waals surface area contributed by atoms with Crippen molar-refractivity contribution < 1.29 is 29.0 Å². The first kappa shape index (κ1) is 18.0. The number of carbonyl (C=O) groups excluding carboxylic acids is 3. The zero-order valence-corrected chi connectivity index (χ0v) is 12.6. The molecule has 1 aromatic carbocycles. The quantitative estimate of drug-likeness (QED) is 0.354. The maximum atomic E-state index is 11.3. The van der Waals surface area contributed by atoms with Crippen molar-refractivity contribution >= 4 is 24.0 Å². The summed E-state index contributed by atoms with van der Waals surface area (Å²) in [5, 5.41) is 16.3. The zero-order chi connectivity index (χ0) is 17.2. The third-order valence-corrected chi connectivity index (χ3v) is 2.46. The lowest BCUT2D eigenvalue weighted by molar-refractivity contribution is -0.307. The van der Waals surface area contributed by atoms with Gasteiger partial charge >= 0.3 is 11.8 Å². The fraction of sp³-hybridized carbons (Fsp3) is 0.286. The molecular formula is C14H16N3O6-. The van der Waals surface area contributed by atoms with Gasteiger partial charge in [-0.1, -0.05) is 0 Å². The van der Waals surface area contributed by atoms with Crippen molar-refractivity contribution in [3.05, 3.63) is 23.8 Å². The van der Waals surface area contributed by atoms with Gasteiger partial charge in [0, 0.05) is 6.54 Å². The van der Waals surface area contributed by atoms with E-state index in [0.717, 1.165) is 0 Å². The van der Waals surface area contributed by atoms with E-state index < -0.39 is 24.4 Å². The number of nitrogens with one attached hydrogen (secondary N) is 2. The molecule has 1 rings (SSSR count). The number of likely N-dealkylation sites (N-methyl/N-ethyl adjacent to an activating group) is 1. The van der Waals surface area contributed by atoms with Gasteiger partial charge < -0.3 is 24.7 Å². The molecule has 0 bridgehead atoms. The average Bonchev–Trinajstić information content (AvgIpc) is 2.53. The van der Waals surface area contributed by atoms with Gasteiger partial charge in [0.2, 0.25) is 0 Å². The number of methoxy groups -OCH3 is 1. The highest BCUT2D eigenvalue weighted by Gasteiger charge is 2.10. The second-order valence-electron chi connectivity index (χ2n) is 4.13. The largest absolute Gasteiger partial charge is 0.546 e. The molecule has 0 fully saturated rings. The second-order valence-corrected chi connectivity index (χ2v) is 4.13. The Kier molecular flexibility index (Phi) is 7.05. The molecule has 0 spiro atoms. The fourth-order valence-corrected chi connectivity index (χ4v) is 1.48. The van der Waals surface area contributed by atoms with Gasteiger partial charge in [-0.3, -0.25) is 9.59 Å². The number of carboxylic acids is 1. The number of nitrogens with zero attached hydrogens (tertiary/aromatic N) is 1. The molecule has 1 aromatic rings. The molecule has 0 heterocycles. The van der Waals surface area contributed by atoms with E-state index in [2.05, 4.69) is 15.8 Å². The van der Waals surface area contributed by atoms with E-state index in [4.69, 9.17) is 9.47 Å². The number of hydrazone groups is 1. The molecule has 2 N–H and O–H groups in total. The van der Waals surface area contributed by atoms with Gasteiger partial charge in [-0.15, -0.1) is 0 Å². The Bertz CT molecular complexity index is 615. The summed E-state index contributed by atoms with van der Waals surface area (Å²) >= 11 is 0. The van der Waals surface area contributed by atoms with Crippen LogP contribution in [0.15, 0.2) is 23.3 Å². The topological polar surface area (TPSA) is 129 Å². The molecule has 0 aromatic heterocycles. The molecule has 23 heavy (non-hydrogen) atoms. The van der Waals surface area contributed by atoms with Gasteiger partial charge in [-0.25, -0.2) is 5.43 Å². The molecule has 9 heteroatoms. The number of aliphatic carboxylic acids is 1. The highest BCUT2D eigenvalue weighted by atomic mass is 16.5. The number of carbonyl (C=O) groups is 3. The Labute approximate surface area is 132 Å². The SMILES string of the molecule is CCNC(=O)C(=O)N/N=C\c1ccc(OCC(=O)[O-])c(OC)c1. The number of benzene rings is 1. The van der Waals surface area contributed by atoms with Crippen LogP contribution in [-0.2, 0) is 14.4 Å². The minimum Gasteiger partial charge on any atom is -0.546 e. The van der Waals surface area contributed by atoms with Crippen molar-refractivity contribution in [1.29, 1.82) is 0 Å². The van der Waals surface area contributed by atoms with E-state index in [-0.39, 0.29) is 11.5 Å². The summed E-state index contributed by atoms with van der Waals surface area (Å²) in [6, 6.07) is 4.57. The van der Waals surface area contributed by atoms with Crippen LogP contribution in [0, 0.1) is 0 Å². The lowest BCUT2D eigenvalue weighted by Gasteiger charge is -2.11. The zero-order valence-electron chi connectivity index (χ0n) is 12.6. The van der Waals surface area contributed by atoms with Crippen molar-refractivity contribution in [2.45, 2.75) is 6.92 Å². The van der Waals surface area contributed by atoms with E-state index in [1.807, 2.05) is 0 Å². The number of ether oxygens (including phenoxy) is 2. The molecule has 0 unspecified atom stereocenters. The van der Waals surface area contributed by atoms with Gasteiger partial charge in [0.25, 0.3) is 0 Å². The number of rotatable bonds is 7. The summed E-state index contributed by atoms with van der Waals surface area (Å²) in [6.45, 7) is 1.41. The molecule has 0 radical (unpaired) electrons. The third kappa shape index (κ3) is 6.04. The molecule has 9 nitrogen and oxygen atoms in total. The maximum Gasteiger partial charge on any atom is 0.329 e. The van der Waals surface area contributed by atoms with Crippen molar-refractivity contribution in [3.63, 3.8) is 0 Å². The first-order valence-electron chi connectivity index (χ1n) is 6.59. The van der Waals surface area contributed by atoms with Crippen molar-refractivity contribution in [2.24, 2.45) is 5.10 Å². The fourth-order valence-electron chi connectivity index (χ4n) is 1.48. The Morgan fingerprint density at radius 2 is 2.00 bits per heavy atom. The second kappa shape index (κ2) is 9.03. The van der Waals surface area contributed by atoms with Crippen LogP contribution in [0.4, 0.5) is 0 Å². The van der Waals surface area contributed by atoms with E-state index in [1.165, 1.54) is 25.5 Å². The molecule has 0 aliphatic rings. The molecule has 0 saturated carbocycles. The van der Waals surface area contributed by atoms with Crippen LogP contribution in [0.3, 0.4) is 0 Å². The Morgan fingerprint density at radius 1 is 1.26 bits per heavy atom. The minimum absolute atomic E-state index is 0.222. The molecule has 0 atom stereocenters. The molecule has 2 amide bonds. The Morgan fingerprint density at radius 3 is 2.61 bits per heavy atom. The lowest BCUT2D eigenvalue weighted by atomic mass is 10.2. The summed E-state index contributed by atoms with van der Waals surface area (Å²) < 4.78 is 10.1. The van der Waals surface area contributed by atoms with E-state index in [1.54, 1.807) is 13.0 Å². The summed E-state index contributed by atoms with van der Waals surface area (Å²) in [6.07, 6.45) is 1.29. The van der Waals surface area contributed by atoms with Crippen LogP contribution >= 0.6 is 0 Å². The van der Waals surface area contributed by atoms with Crippen molar-refractivity contribution in [3.8, 4) is 11.5 Å². The van der Waals surface area contributed by atoms with Crippen LogP contribution in [-0.4, -0.2) is 44.3 Å². The first-order chi connectivity index (χ1) is 11.0. The van der Waals surface area contributed by atoms with E-state index >= 15 is 0 Å². The number of carboxylic acid groups (broad SMARTS) is 1. The van der Waals surface area contributed by atoms with Crippen molar-refractivity contribution in [2.75, 3.05) is 20.3 Å². The summed E-state index contributed by atoms with van der Waals surface area (Å²) in [5.41, 5.74) is 2.61. The number of hydrogen-bond donors (Lipinski definition) is 2. The van der Waals surface area contributed by atoms with Crippen LogP contribution in [0.1, 0.15) is 12.5 Å². The first-order valence-corrected chi connectivity index (χ1v) is 6.59. The minimum atomic E-state index is -1.36. The maximum absolute atomic E-state index is 11.3. The van der Waals surface area contributed by atoms with Crippen LogP contribution in [0.25, 0.3) is 0 Å². The predicted molar refractivity (Wildman–Crippen MR) is 77.9 cm³/mol. The van der Waals surface area contributed by atoms with Gasteiger partial charge in [0.05, 0.1) is 19.3 Å². The summed E-state index contributed by atoms with van der Waals surface area (Å²) in [7, 11) is 1.39. The molecular weight excluding hydrogens is 306 g/mol. The molecule has 0 aliphatic heterocycles. The van der Waals surface area contributed by atoms with Gasteiger partial charge in [0.1, 0.15) is 6.61 Å². The van der Waals surface area contributed by atoms with E-state index in [9.17, 15) is 19.5 Å². The van der Waals surface area contributed by atoms with Crippen LogP contribution in [0.2, 0.25) is 0 Å². The van der Waals surface area contributed by atoms with Crippen LogP contribution in [0.5, 0.6) is 11.5 Å². The third-order valence-electron chi connectivity index (χ3n) is 2.46. The number of amides is 2. The molecule has 124 valence electrons. The monoisotopic (exact) mass is 322 g/mol. The normalized spacial score (nSPS) is 10.2. The highest BCUT2D eigenvalue weighted by molar-refractivity contribution is 6.35. The highest BCUT2D eigenvalue weighted by Crippen LogP contribution is 2.27. The summed E-state index contributed by atoms with van der Waals surface area (Å²) in [4.78, 5) is 32.9. The predicted octanol–water partition coefficient (Wildman–Crippen LogP) is -1.59. The van der Waals surface area contributed by atoms with E-state index in [0.29, 0.717) is 12.1 Å². The Balaban J connectivity index is 2.70. The number of hydrogen-bond acceptors (Lipinski definition) is 7. The Hall–Kier alpha value is -3.10. The average molecular weight is 322 g/mol. The van der Waals surface area contributed by atoms with Crippen LogP contribution < -0.4 is 25.3 Å². The van der Waals surface area contributed by atoms with Gasteiger partial charge in [-0.05, 0) is 30.7 Å². The smallest absolute Gasteiger partial charge is 0.329 e. The van der Waals surface area contributed by atoms with Gasteiger partial charge in [0.15, 0.2) is 11.5 Å². The molecule has 0 aliphatic carbocycles. The van der Waals surface area contributed by atoms with Gasteiger partial charge in [-0.2, -0.15) is 5.10 Å². The van der Waals surface area contributed by atoms with Crippen molar-refractivity contribution in [1.82, 2.24) is 10.7 Å². The summed E-state index contributed by atoms with van der Waals surface area (Å²) in [5.74, 6) is -2.52. The standard InChI is InChI=1S/C14H17N3O6/c1-3-15-13(20)14(21)17-16-7-9-4-5-10(11(6-9)22-2)23-8-12(18)19/h4-7H,3,8H2,1-2H3,(H,15,20)(H,17,21)(H,18,19)/p-1/b16-7-.